The predicted molar refractivity (Wildman–Crippen MR) is 106 cm³/mol. The van der Waals surface area contributed by atoms with E-state index in [2.05, 4.69) is 15.4 Å². The van der Waals surface area contributed by atoms with Gasteiger partial charge >= 0.3 is 24.2 Å². The van der Waals surface area contributed by atoms with Crippen molar-refractivity contribution in [2.75, 3.05) is 30.5 Å². The lowest BCUT2D eigenvalue weighted by Gasteiger charge is -2.07. The Kier molecular flexibility index (Phi) is 13.1. The van der Waals surface area contributed by atoms with Gasteiger partial charge in [-0.2, -0.15) is 13.2 Å². The number of carbonyl (C=O) groups is 4. The van der Waals surface area contributed by atoms with E-state index in [0.717, 1.165) is 0 Å². The van der Waals surface area contributed by atoms with Crippen LogP contribution in [0.5, 0.6) is 0 Å². The van der Waals surface area contributed by atoms with Crippen LogP contribution >= 0.6 is 21.6 Å². The van der Waals surface area contributed by atoms with E-state index in [-0.39, 0.29) is 12.3 Å². The molecule has 0 atom stereocenters. The molecule has 1 rings (SSSR count). The summed E-state index contributed by atoms with van der Waals surface area (Å²) in [5.41, 5.74) is 1.03. The molecule has 0 spiro atoms. The van der Waals surface area contributed by atoms with Gasteiger partial charge in [-0.1, -0.05) is 21.6 Å². The van der Waals surface area contributed by atoms with Crippen molar-refractivity contribution in [3.05, 3.63) is 29.8 Å². The quantitative estimate of drug-likeness (QED) is 0.315. The largest absolute Gasteiger partial charge is 0.490 e. The Labute approximate surface area is 177 Å². The monoisotopic (exact) mass is 472 g/mol. The molecule has 0 radical (unpaired) electrons. The van der Waals surface area contributed by atoms with Crippen molar-refractivity contribution in [2.24, 2.45) is 0 Å². The van der Waals surface area contributed by atoms with Crippen LogP contribution in [0.25, 0.3) is 0 Å². The van der Waals surface area contributed by atoms with E-state index in [1.165, 1.54) is 28.7 Å². The standard InChI is InChI=1S/C14H18N2O5S2.C2HF3O2/c1-21-14(20)16-11-4-2-10(3-5-11)13(19)15-7-9-23-22-8-6-12(17)18;3-2(4,5)1(6)7/h2-5H,6-9H2,1H3,(H,15,19)(H,16,20)(H,17,18);(H,6,7). The molecule has 0 aliphatic rings. The maximum Gasteiger partial charge on any atom is 0.490 e. The van der Waals surface area contributed by atoms with Crippen molar-refractivity contribution in [3.63, 3.8) is 0 Å². The van der Waals surface area contributed by atoms with Crippen molar-refractivity contribution < 1.29 is 47.3 Å². The van der Waals surface area contributed by atoms with E-state index in [0.29, 0.717) is 29.3 Å². The summed E-state index contributed by atoms with van der Waals surface area (Å²) in [5.74, 6) is -2.53. The number of ether oxygens (including phenoxy) is 1. The molecule has 0 aliphatic heterocycles. The maximum atomic E-state index is 11.9. The summed E-state index contributed by atoms with van der Waals surface area (Å²) in [5, 5.41) is 20.9. The lowest BCUT2D eigenvalue weighted by Crippen LogP contribution is -2.25. The summed E-state index contributed by atoms with van der Waals surface area (Å²) in [6, 6.07) is 6.44. The molecule has 0 fully saturated rings. The number of carboxylic acid groups (broad SMARTS) is 2. The van der Waals surface area contributed by atoms with Crippen LogP contribution in [0.4, 0.5) is 23.7 Å². The normalized spacial score (nSPS) is 10.3. The van der Waals surface area contributed by atoms with Gasteiger partial charge in [-0.05, 0) is 24.3 Å². The molecule has 4 N–H and O–H groups in total. The molecule has 0 heterocycles. The number of hydrogen-bond donors (Lipinski definition) is 4. The Bertz CT molecular complexity index is 716. The number of carboxylic acids is 2. The third-order valence-electron chi connectivity index (χ3n) is 2.77. The molecule has 168 valence electrons. The van der Waals surface area contributed by atoms with Crippen molar-refractivity contribution in [1.82, 2.24) is 5.32 Å². The number of rotatable bonds is 9. The Balaban J connectivity index is 0.00000103. The summed E-state index contributed by atoms with van der Waals surface area (Å²) in [4.78, 5) is 42.2. The fraction of sp³-hybridized carbons (Fsp3) is 0.375. The van der Waals surface area contributed by atoms with Crippen molar-refractivity contribution in [1.29, 1.82) is 0 Å². The number of anilines is 1. The van der Waals surface area contributed by atoms with Crippen LogP contribution in [-0.2, 0) is 14.3 Å². The van der Waals surface area contributed by atoms with E-state index in [9.17, 15) is 27.6 Å². The van der Waals surface area contributed by atoms with Crippen LogP contribution in [0, 0.1) is 0 Å². The van der Waals surface area contributed by atoms with Gasteiger partial charge in [0.2, 0.25) is 0 Å². The molecule has 9 nitrogen and oxygen atoms in total. The highest BCUT2D eigenvalue weighted by Crippen LogP contribution is 2.21. The smallest absolute Gasteiger partial charge is 0.481 e. The number of hydrogen-bond acceptors (Lipinski definition) is 7. The molecule has 0 unspecified atom stereocenters. The minimum Gasteiger partial charge on any atom is -0.481 e. The van der Waals surface area contributed by atoms with Crippen LogP contribution in [0.15, 0.2) is 24.3 Å². The molecule has 30 heavy (non-hydrogen) atoms. The van der Waals surface area contributed by atoms with Gasteiger partial charge in [0, 0.05) is 29.3 Å². The fourth-order valence-corrected chi connectivity index (χ4v) is 3.32. The molecule has 0 saturated carbocycles. The first-order valence-electron chi connectivity index (χ1n) is 7.97. The molecule has 0 saturated heterocycles. The van der Waals surface area contributed by atoms with Gasteiger partial charge < -0.3 is 20.3 Å². The topological polar surface area (TPSA) is 142 Å². The number of halogens is 3. The van der Waals surface area contributed by atoms with Gasteiger partial charge in [0.15, 0.2) is 0 Å². The molecule has 0 aliphatic carbocycles. The molecule has 14 heteroatoms. The fourth-order valence-electron chi connectivity index (χ4n) is 1.43. The van der Waals surface area contributed by atoms with Crippen LogP contribution in [-0.4, -0.2) is 65.5 Å². The van der Waals surface area contributed by atoms with Crippen LogP contribution in [0.1, 0.15) is 16.8 Å². The zero-order valence-corrected chi connectivity index (χ0v) is 17.2. The Morgan fingerprint density at radius 1 is 1.03 bits per heavy atom. The number of nitrogens with one attached hydrogen (secondary N) is 2. The van der Waals surface area contributed by atoms with E-state index >= 15 is 0 Å². The number of alkyl halides is 3. The first-order valence-corrected chi connectivity index (χ1v) is 10.5. The number of carbonyl (C=O) groups excluding carboxylic acids is 2. The first kappa shape index (κ1) is 27.4. The summed E-state index contributed by atoms with van der Waals surface area (Å²) < 4.78 is 36.2. The number of methoxy groups -OCH3 is 1. The van der Waals surface area contributed by atoms with Crippen molar-refractivity contribution >= 4 is 51.2 Å². The highest BCUT2D eigenvalue weighted by molar-refractivity contribution is 8.76. The molecule has 0 aromatic heterocycles. The van der Waals surface area contributed by atoms with Gasteiger partial charge in [-0.25, -0.2) is 9.59 Å². The summed E-state index contributed by atoms with van der Waals surface area (Å²) in [6.45, 7) is 0.492. The third kappa shape index (κ3) is 13.5. The van der Waals surface area contributed by atoms with Gasteiger partial charge in [-0.15, -0.1) is 0 Å². The zero-order chi connectivity index (χ0) is 23.2. The number of benzene rings is 1. The third-order valence-corrected chi connectivity index (χ3v) is 5.18. The molecule has 0 bridgehead atoms. The minimum atomic E-state index is -5.08. The predicted octanol–water partition coefficient (Wildman–Crippen LogP) is 3.08. The SMILES string of the molecule is COC(=O)Nc1ccc(C(=O)NCCSSCCC(=O)O)cc1.O=C(O)C(F)(F)F. The lowest BCUT2D eigenvalue weighted by molar-refractivity contribution is -0.192. The van der Waals surface area contributed by atoms with Crippen molar-refractivity contribution in [3.8, 4) is 0 Å². The second-order valence-corrected chi connectivity index (χ2v) is 7.74. The van der Waals surface area contributed by atoms with E-state index in [1.54, 1.807) is 24.3 Å². The van der Waals surface area contributed by atoms with Gasteiger partial charge in [0.05, 0.1) is 13.5 Å². The Hall–Kier alpha value is -2.61. The van der Waals surface area contributed by atoms with E-state index in [4.69, 9.17) is 15.0 Å². The second kappa shape index (κ2) is 14.4. The lowest BCUT2D eigenvalue weighted by atomic mass is 10.2. The highest BCUT2D eigenvalue weighted by Gasteiger charge is 2.38. The molecular formula is C16H19F3N2O7S2. The summed E-state index contributed by atoms with van der Waals surface area (Å²) in [6.07, 6.45) is -5.52. The highest BCUT2D eigenvalue weighted by atomic mass is 33.1. The minimum absolute atomic E-state index is 0.135. The van der Waals surface area contributed by atoms with Gasteiger partial charge in [0.25, 0.3) is 5.91 Å². The van der Waals surface area contributed by atoms with E-state index in [1.807, 2.05) is 0 Å². The molecule has 2 amide bonds. The van der Waals surface area contributed by atoms with Crippen LogP contribution < -0.4 is 10.6 Å². The average Bonchev–Trinajstić information content (AvgIpc) is 2.67. The van der Waals surface area contributed by atoms with Gasteiger partial charge in [0.1, 0.15) is 0 Å². The Morgan fingerprint density at radius 3 is 2.03 bits per heavy atom. The zero-order valence-electron chi connectivity index (χ0n) is 15.5. The first-order chi connectivity index (χ1) is 14.0. The maximum absolute atomic E-state index is 11.9. The summed E-state index contributed by atoms with van der Waals surface area (Å²) >= 11 is 0. The number of aliphatic carboxylic acids is 2. The second-order valence-electron chi connectivity index (χ2n) is 5.04. The van der Waals surface area contributed by atoms with Crippen LogP contribution in [0.3, 0.4) is 0 Å². The Morgan fingerprint density at radius 2 is 1.57 bits per heavy atom. The molecule has 1 aromatic rings. The van der Waals surface area contributed by atoms with Gasteiger partial charge in [-0.3, -0.25) is 14.9 Å². The van der Waals surface area contributed by atoms with Crippen LogP contribution in [0.2, 0.25) is 0 Å². The number of amides is 2. The molecular weight excluding hydrogens is 453 g/mol. The van der Waals surface area contributed by atoms with Crippen molar-refractivity contribution in [2.45, 2.75) is 12.6 Å². The average molecular weight is 472 g/mol. The molecule has 1 aromatic carbocycles. The van der Waals surface area contributed by atoms with E-state index < -0.39 is 24.2 Å². The summed E-state index contributed by atoms with van der Waals surface area (Å²) in [7, 11) is 4.27.